The van der Waals surface area contributed by atoms with Gasteiger partial charge in [0.15, 0.2) is 0 Å². The average Bonchev–Trinajstić information content (AvgIpc) is 2.87. The Hall–Kier alpha value is -0.680. The summed E-state index contributed by atoms with van der Waals surface area (Å²) in [5.41, 5.74) is 0.692. The van der Waals surface area contributed by atoms with Crippen LogP contribution in [0.25, 0.3) is 0 Å². The first kappa shape index (κ1) is 13.7. The van der Waals surface area contributed by atoms with Gasteiger partial charge in [0.05, 0.1) is 23.8 Å². The molecule has 0 bridgehead atoms. The van der Waals surface area contributed by atoms with Crippen molar-refractivity contribution in [1.29, 1.82) is 0 Å². The van der Waals surface area contributed by atoms with Crippen molar-refractivity contribution in [2.24, 2.45) is 0 Å². The van der Waals surface area contributed by atoms with E-state index in [1.54, 1.807) is 6.07 Å². The van der Waals surface area contributed by atoms with Crippen LogP contribution in [0.4, 0.5) is 4.39 Å². The molecule has 2 atom stereocenters. The number of hydrogen-bond acceptors (Lipinski definition) is 3. The molecule has 1 aliphatic heterocycles. The second-order valence-corrected chi connectivity index (χ2v) is 4.86. The van der Waals surface area contributed by atoms with Crippen LogP contribution in [0.3, 0.4) is 0 Å². The van der Waals surface area contributed by atoms with Crippen LogP contribution < -0.4 is 5.32 Å². The summed E-state index contributed by atoms with van der Waals surface area (Å²) in [4.78, 5) is 0. The number of aliphatic hydroxyl groups excluding tert-OH is 1. The molecule has 0 aromatic heterocycles. The van der Waals surface area contributed by atoms with Gasteiger partial charge in [-0.3, -0.25) is 0 Å². The van der Waals surface area contributed by atoms with E-state index in [1.807, 2.05) is 0 Å². The summed E-state index contributed by atoms with van der Waals surface area (Å²) in [7, 11) is 0. The van der Waals surface area contributed by atoms with Crippen molar-refractivity contribution in [3.05, 3.63) is 34.6 Å². The van der Waals surface area contributed by atoms with E-state index in [1.165, 1.54) is 12.1 Å². The first-order chi connectivity index (χ1) is 8.70. The molecule has 0 amide bonds. The van der Waals surface area contributed by atoms with Crippen LogP contribution in [0.1, 0.15) is 24.4 Å². The summed E-state index contributed by atoms with van der Waals surface area (Å²) in [6.45, 7) is 1.37. The fraction of sp³-hybridized carbons (Fsp3) is 0.538. The highest BCUT2D eigenvalue weighted by Crippen LogP contribution is 2.20. The molecule has 0 saturated carbocycles. The molecule has 1 saturated heterocycles. The largest absolute Gasteiger partial charge is 0.394 e. The maximum absolute atomic E-state index is 13.4. The fourth-order valence-electron chi connectivity index (χ4n) is 2.10. The van der Waals surface area contributed by atoms with Gasteiger partial charge in [-0.25, -0.2) is 4.39 Å². The van der Waals surface area contributed by atoms with Crippen LogP contribution in [-0.4, -0.2) is 31.0 Å². The summed E-state index contributed by atoms with van der Waals surface area (Å²) in [5, 5.41) is 12.6. The zero-order valence-electron chi connectivity index (χ0n) is 10.0. The number of hydrogen-bond donors (Lipinski definition) is 2. The van der Waals surface area contributed by atoms with Gasteiger partial charge < -0.3 is 15.2 Å². The normalized spacial score (nSPS) is 21.2. The quantitative estimate of drug-likeness (QED) is 0.865. The number of rotatable bonds is 5. The molecule has 2 unspecified atom stereocenters. The van der Waals surface area contributed by atoms with Crippen molar-refractivity contribution in [1.82, 2.24) is 5.32 Å². The van der Waals surface area contributed by atoms with Gasteiger partial charge in [-0.2, -0.15) is 0 Å². The maximum Gasteiger partial charge on any atom is 0.142 e. The molecule has 5 heteroatoms. The lowest BCUT2D eigenvalue weighted by Gasteiger charge is -2.19. The van der Waals surface area contributed by atoms with Gasteiger partial charge in [0.2, 0.25) is 0 Å². The van der Waals surface area contributed by atoms with E-state index < -0.39 is 5.82 Å². The van der Waals surface area contributed by atoms with Crippen molar-refractivity contribution >= 4 is 11.6 Å². The Morgan fingerprint density at radius 2 is 2.39 bits per heavy atom. The second-order valence-electron chi connectivity index (χ2n) is 4.45. The van der Waals surface area contributed by atoms with Crippen LogP contribution in [-0.2, 0) is 4.74 Å². The number of aliphatic hydroxyl groups is 1. The Kier molecular flexibility index (Phi) is 4.95. The van der Waals surface area contributed by atoms with E-state index in [0.29, 0.717) is 12.1 Å². The van der Waals surface area contributed by atoms with Crippen molar-refractivity contribution in [2.45, 2.75) is 25.0 Å². The Bertz CT molecular complexity index is 397. The molecule has 1 aromatic rings. The zero-order chi connectivity index (χ0) is 13.0. The van der Waals surface area contributed by atoms with Gasteiger partial charge in [-0.1, -0.05) is 17.7 Å². The monoisotopic (exact) mass is 273 g/mol. The van der Waals surface area contributed by atoms with Crippen molar-refractivity contribution in [3.63, 3.8) is 0 Å². The van der Waals surface area contributed by atoms with E-state index in [0.717, 1.165) is 19.4 Å². The Balaban J connectivity index is 1.96. The van der Waals surface area contributed by atoms with Crippen molar-refractivity contribution in [2.75, 3.05) is 19.8 Å². The third-order valence-corrected chi connectivity index (χ3v) is 3.45. The summed E-state index contributed by atoms with van der Waals surface area (Å²) in [6.07, 6.45) is 2.29. The molecule has 0 spiro atoms. The molecule has 1 aliphatic rings. The van der Waals surface area contributed by atoms with Crippen LogP contribution in [0.15, 0.2) is 18.2 Å². The Morgan fingerprint density at radius 3 is 3.00 bits per heavy atom. The Labute approximate surface area is 111 Å². The van der Waals surface area contributed by atoms with Crippen molar-refractivity contribution in [3.8, 4) is 0 Å². The smallest absolute Gasteiger partial charge is 0.142 e. The third-order valence-electron chi connectivity index (χ3n) is 3.14. The van der Waals surface area contributed by atoms with Gasteiger partial charge in [0.1, 0.15) is 5.82 Å². The van der Waals surface area contributed by atoms with Crippen LogP contribution in [0.5, 0.6) is 0 Å². The summed E-state index contributed by atoms with van der Waals surface area (Å²) in [6, 6.07) is 4.28. The molecule has 1 aromatic carbocycles. The zero-order valence-corrected chi connectivity index (χ0v) is 10.8. The predicted molar refractivity (Wildman–Crippen MR) is 68.2 cm³/mol. The van der Waals surface area contributed by atoms with E-state index >= 15 is 0 Å². The standard InChI is InChI=1S/C13H17ClFNO2/c14-11-4-3-9(6-12(11)15)13(8-17)16-7-10-2-1-5-18-10/h3-4,6,10,13,16-17H,1-2,5,7-8H2. The number of benzene rings is 1. The first-order valence-corrected chi connectivity index (χ1v) is 6.49. The molecule has 1 heterocycles. The van der Waals surface area contributed by atoms with Crippen LogP contribution in [0, 0.1) is 5.82 Å². The van der Waals surface area contributed by atoms with Gasteiger partial charge in [0, 0.05) is 13.2 Å². The predicted octanol–water partition coefficient (Wildman–Crippen LogP) is 2.28. The topological polar surface area (TPSA) is 41.5 Å². The molecular formula is C13H17ClFNO2. The highest BCUT2D eigenvalue weighted by Gasteiger charge is 2.18. The van der Waals surface area contributed by atoms with E-state index in [2.05, 4.69) is 5.32 Å². The molecule has 1 fully saturated rings. The van der Waals surface area contributed by atoms with Gasteiger partial charge in [0.25, 0.3) is 0 Å². The molecule has 3 nitrogen and oxygen atoms in total. The maximum atomic E-state index is 13.4. The first-order valence-electron chi connectivity index (χ1n) is 6.11. The lowest BCUT2D eigenvalue weighted by Crippen LogP contribution is -2.32. The van der Waals surface area contributed by atoms with Crippen molar-refractivity contribution < 1.29 is 14.2 Å². The summed E-state index contributed by atoms with van der Waals surface area (Å²) < 4.78 is 18.8. The van der Waals surface area contributed by atoms with Gasteiger partial charge in [-0.05, 0) is 30.5 Å². The molecule has 100 valence electrons. The van der Waals surface area contributed by atoms with Gasteiger partial charge >= 0.3 is 0 Å². The molecule has 2 N–H and O–H groups in total. The van der Waals surface area contributed by atoms with Gasteiger partial charge in [-0.15, -0.1) is 0 Å². The third kappa shape index (κ3) is 3.42. The number of halogens is 2. The molecular weight excluding hydrogens is 257 g/mol. The number of nitrogens with one attached hydrogen (secondary N) is 1. The summed E-state index contributed by atoms with van der Waals surface area (Å²) >= 11 is 5.63. The fourth-order valence-corrected chi connectivity index (χ4v) is 2.21. The molecule has 0 radical (unpaired) electrons. The lowest BCUT2D eigenvalue weighted by atomic mass is 10.1. The second kappa shape index (κ2) is 6.48. The van der Waals surface area contributed by atoms with E-state index in [4.69, 9.17) is 16.3 Å². The summed E-state index contributed by atoms with van der Waals surface area (Å²) in [5.74, 6) is -0.466. The highest BCUT2D eigenvalue weighted by atomic mass is 35.5. The highest BCUT2D eigenvalue weighted by molar-refractivity contribution is 6.30. The Morgan fingerprint density at radius 1 is 1.56 bits per heavy atom. The minimum atomic E-state index is -0.466. The lowest BCUT2D eigenvalue weighted by molar-refractivity contribution is 0.104. The minimum absolute atomic E-state index is 0.0895. The molecule has 18 heavy (non-hydrogen) atoms. The van der Waals surface area contributed by atoms with Crippen LogP contribution >= 0.6 is 11.6 Å². The van der Waals surface area contributed by atoms with Crippen LogP contribution in [0.2, 0.25) is 5.02 Å². The molecule has 0 aliphatic carbocycles. The molecule has 2 rings (SSSR count). The SMILES string of the molecule is OCC(NCC1CCCO1)c1ccc(Cl)c(F)c1. The van der Waals surface area contributed by atoms with E-state index in [-0.39, 0.29) is 23.8 Å². The van der Waals surface area contributed by atoms with E-state index in [9.17, 15) is 9.50 Å². The minimum Gasteiger partial charge on any atom is -0.394 e. The number of ether oxygens (including phenoxy) is 1. The average molecular weight is 274 g/mol.